The maximum atomic E-state index is 12.8. The van der Waals surface area contributed by atoms with Crippen molar-refractivity contribution < 1.29 is 22.4 Å². The SMILES string of the molecule is COC(=O)[C@H](NS(=O)(=O)c1ccc2oc3cc(C#N)ccc3c2c1)C(C)C. The number of nitriles is 1. The Morgan fingerprint density at radius 1 is 1.15 bits per heavy atom. The highest BCUT2D eigenvalue weighted by molar-refractivity contribution is 7.89. The fraction of sp³-hybridized carbons (Fsp3) is 0.263. The van der Waals surface area contributed by atoms with Gasteiger partial charge in [0.2, 0.25) is 10.0 Å². The Labute approximate surface area is 156 Å². The van der Waals surface area contributed by atoms with Gasteiger partial charge in [-0.3, -0.25) is 4.79 Å². The fourth-order valence-corrected chi connectivity index (χ4v) is 4.17. The number of hydrogen-bond donors (Lipinski definition) is 1. The number of methoxy groups -OCH3 is 1. The highest BCUT2D eigenvalue weighted by atomic mass is 32.2. The van der Waals surface area contributed by atoms with Crippen LogP contribution in [0.1, 0.15) is 19.4 Å². The van der Waals surface area contributed by atoms with E-state index in [-0.39, 0.29) is 10.8 Å². The molecule has 0 saturated heterocycles. The van der Waals surface area contributed by atoms with Crippen LogP contribution in [0, 0.1) is 17.2 Å². The summed E-state index contributed by atoms with van der Waals surface area (Å²) >= 11 is 0. The topological polar surface area (TPSA) is 109 Å². The molecule has 3 rings (SSSR count). The van der Waals surface area contributed by atoms with Crippen molar-refractivity contribution in [1.29, 1.82) is 5.26 Å². The van der Waals surface area contributed by atoms with Crippen LogP contribution in [0.15, 0.2) is 45.7 Å². The molecule has 1 N–H and O–H groups in total. The zero-order valence-electron chi connectivity index (χ0n) is 15.0. The molecule has 7 nitrogen and oxygen atoms in total. The van der Waals surface area contributed by atoms with E-state index in [0.29, 0.717) is 27.5 Å². The van der Waals surface area contributed by atoms with E-state index in [4.69, 9.17) is 9.68 Å². The zero-order chi connectivity index (χ0) is 19.8. The van der Waals surface area contributed by atoms with Gasteiger partial charge in [0.1, 0.15) is 17.2 Å². The Balaban J connectivity index is 2.06. The van der Waals surface area contributed by atoms with Gasteiger partial charge in [0.05, 0.1) is 23.6 Å². The number of hydrogen-bond acceptors (Lipinski definition) is 6. The molecule has 1 heterocycles. The minimum absolute atomic E-state index is 0.0108. The second-order valence-electron chi connectivity index (χ2n) is 6.45. The number of benzene rings is 2. The van der Waals surface area contributed by atoms with Crippen molar-refractivity contribution in [2.75, 3.05) is 7.11 Å². The molecule has 0 bridgehead atoms. The van der Waals surface area contributed by atoms with Crippen molar-refractivity contribution in [3.63, 3.8) is 0 Å². The molecule has 0 aliphatic rings. The van der Waals surface area contributed by atoms with Gasteiger partial charge in [-0.05, 0) is 42.3 Å². The lowest BCUT2D eigenvalue weighted by Crippen LogP contribution is -2.44. The molecule has 1 aromatic heterocycles. The van der Waals surface area contributed by atoms with E-state index in [1.165, 1.54) is 19.2 Å². The van der Waals surface area contributed by atoms with Crippen LogP contribution in [0.2, 0.25) is 0 Å². The van der Waals surface area contributed by atoms with Crippen molar-refractivity contribution >= 4 is 37.9 Å². The maximum Gasteiger partial charge on any atom is 0.324 e. The van der Waals surface area contributed by atoms with Crippen LogP contribution in [0.5, 0.6) is 0 Å². The van der Waals surface area contributed by atoms with Gasteiger partial charge in [0.25, 0.3) is 0 Å². The number of sulfonamides is 1. The summed E-state index contributed by atoms with van der Waals surface area (Å²) < 4.78 is 38.3. The average molecular weight is 386 g/mol. The second kappa shape index (κ2) is 7.02. The van der Waals surface area contributed by atoms with Crippen LogP contribution in [-0.4, -0.2) is 27.5 Å². The molecule has 0 amide bonds. The molecule has 0 aliphatic heterocycles. The average Bonchev–Trinajstić information content (AvgIpc) is 3.02. The Morgan fingerprint density at radius 2 is 1.89 bits per heavy atom. The van der Waals surface area contributed by atoms with Gasteiger partial charge in [0.15, 0.2) is 0 Å². The molecule has 0 aliphatic carbocycles. The molecule has 0 spiro atoms. The van der Waals surface area contributed by atoms with E-state index < -0.39 is 22.0 Å². The van der Waals surface area contributed by atoms with Crippen molar-refractivity contribution in [2.24, 2.45) is 5.92 Å². The number of rotatable bonds is 5. The largest absolute Gasteiger partial charge is 0.468 e. The van der Waals surface area contributed by atoms with Crippen molar-refractivity contribution in [1.82, 2.24) is 4.72 Å². The van der Waals surface area contributed by atoms with Gasteiger partial charge >= 0.3 is 5.97 Å². The van der Waals surface area contributed by atoms with E-state index in [0.717, 1.165) is 0 Å². The maximum absolute atomic E-state index is 12.8. The summed E-state index contributed by atoms with van der Waals surface area (Å²) in [6.07, 6.45) is 0. The first-order valence-corrected chi connectivity index (χ1v) is 9.71. The van der Waals surface area contributed by atoms with Gasteiger partial charge in [-0.25, -0.2) is 8.42 Å². The fourth-order valence-electron chi connectivity index (χ4n) is 2.81. The van der Waals surface area contributed by atoms with E-state index >= 15 is 0 Å². The first kappa shape index (κ1) is 18.9. The first-order chi connectivity index (χ1) is 12.8. The molecule has 8 heteroatoms. The lowest BCUT2D eigenvalue weighted by atomic mass is 10.1. The Bertz CT molecular complexity index is 1170. The van der Waals surface area contributed by atoms with Gasteiger partial charge < -0.3 is 9.15 Å². The molecule has 140 valence electrons. The molecule has 2 aromatic carbocycles. The molecule has 0 radical (unpaired) electrons. The highest BCUT2D eigenvalue weighted by Gasteiger charge is 2.29. The molecule has 27 heavy (non-hydrogen) atoms. The predicted molar refractivity (Wildman–Crippen MR) is 99.4 cm³/mol. The van der Waals surface area contributed by atoms with Crippen LogP contribution in [0.4, 0.5) is 0 Å². The van der Waals surface area contributed by atoms with Gasteiger partial charge in [-0.2, -0.15) is 9.98 Å². The monoisotopic (exact) mass is 386 g/mol. The molecular formula is C19H18N2O5S. The van der Waals surface area contributed by atoms with Crippen molar-refractivity contribution in [3.05, 3.63) is 42.0 Å². The first-order valence-electron chi connectivity index (χ1n) is 8.23. The molecule has 0 unspecified atom stereocenters. The molecule has 0 fully saturated rings. The predicted octanol–water partition coefficient (Wildman–Crippen LogP) is 2.93. The van der Waals surface area contributed by atoms with Crippen LogP contribution >= 0.6 is 0 Å². The number of carbonyl (C=O) groups excluding carboxylic acids is 1. The molecule has 1 atom stereocenters. The van der Waals surface area contributed by atoms with Gasteiger partial charge in [-0.1, -0.05) is 13.8 Å². The van der Waals surface area contributed by atoms with Crippen molar-refractivity contribution in [2.45, 2.75) is 24.8 Å². The molecular weight excluding hydrogens is 368 g/mol. The third-order valence-corrected chi connectivity index (χ3v) is 5.72. The summed E-state index contributed by atoms with van der Waals surface area (Å²) in [5, 5.41) is 10.3. The summed E-state index contributed by atoms with van der Waals surface area (Å²) in [5.41, 5.74) is 1.46. The number of fused-ring (bicyclic) bond motifs is 3. The molecule has 3 aromatic rings. The van der Waals surface area contributed by atoms with Crippen LogP contribution in [0.3, 0.4) is 0 Å². The summed E-state index contributed by atoms with van der Waals surface area (Å²) in [6, 6.07) is 10.5. The molecule has 0 saturated carbocycles. The van der Waals surface area contributed by atoms with Crippen LogP contribution < -0.4 is 4.72 Å². The van der Waals surface area contributed by atoms with Crippen LogP contribution in [-0.2, 0) is 19.6 Å². The summed E-state index contributed by atoms with van der Waals surface area (Å²) in [6.45, 7) is 3.45. The normalized spacial score (nSPS) is 13.0. The summed E-state index contributed by atoms with van der Waals surface area (Å²) in [4.78, 5) is 11.9. The van der Waals surface area contributed by atoms with Gasteiger partial charge in [-0.15, -0.1) is 0 Å². The third kappa shape index (κ3) is 3.52. The van der Waals surface area contributed by atoms with Crippen molar-refractivity contribution in [3.8, 4) is 6.07 Å². The minimum atomic E-state index is -3.96. The van der Waals surface area contributed by atoms with E-state index in [2.05, 4.69) is 9.46 Å². The number of esters is 1. The van der Waals surface area contributed by atoms with E-state index in [1.807, 2.05) is 6.07 Å². The number of nitrogens with one attached hydrogen (secondary N) is 1. The highest BCUT2D eigenvalue weighted by Crippen LogP contribution is 2.31. The van der Waals surface area contributed by atoms with E-state index in [9.17, 15) is 13.2 Å². The van der Waals surface area contributed by atoms with Gasteiger partial charge in [0, 0.05) is 10.8 Å². The Morgan fingerprint density at radius 3 is 2.52 bits per heavy atom. The zero-order valence-corrected chi connectivity index (χ0v) is 15.8. The summed E-state index contributed by atoms with van der Waals surface area (Å²) in [5.74, 6) is -0.928. The van der Waals surface area contributed by atoms with E-state index in [1.54, 1.807) is 38.1 Å². The number of nitrogens with zero attached hydrogens (tertiary/aromatic N) is 1. The summed E-state index contributed by atoms with van der Waals surface area (Å²) in [7, 11) is -2.74. The minimum Gasteiger partial charge on any atom is -0.468 e. The Kier molecular flexibility index (Phi) is 4.91. The standard InChI is InChI=1S/C19H18N2O5S/c1-11(2)18(19(22)25-3)21-27(23,24)13-5-7-16-15(9-13)14-6-4-12(10-20)8-17(14)26-16/h4-9,11,18,21H,1-3H3/t18-/m1/s1. The quantitative estimate of drug-likeness (QED) is 0.675. The Hall–Kier alpha value is -2.89. The smallest absolute Gasteiger partial charge is 0.324 e. The van der Waals surface area contributed by atoms with Crippen LogP contribution in [0.25, 0.3) is 21.9 Å². The second-order valence-corrected chi connectivity index (χ2v) is 8.16. The lowest BCUT2D eigenvalue weighted by molar-refractivity contribution is -0.143. The number of ether oxygens (including phenoxy) is 1. The third-order valence-electron chi connectivity index (χ3n) is 4.29. The number of furan rings is 1. The number of carbonyl (C=O) groups is 1. The lowest BCUT2D eigenvalue weighted by Gasteiger charge is -2.19.